The normalized spacial score (nSPS) is 12.5. The van der Waals surface area contributed by atoms with Crippen LogP contribution in [0.25, 0.3) is 11.0 Å². The number of hydrogen-bond donors (Lipinski definition) is 1. The highest BCUT2D eigenvalue weighted by Crippen LogP contribution is 2.31. The molecule has 0 spiro atoms. The number of amides is 1. The van der Waals surface area contributed by atoms with Gasteiger partial charge < -0.3 is 9.88 Å². The summed E-state index contributed by atoms with van der Waals surface area (Å²) >= 11 is 0. The zero-order chi connectivity index (χ0) is 19.5. The molecule has 0 aliphatic heterocycles. The van der Waals surface area contributed by atoms with Crippen LogP contribution in [0.3, 0.4) is 0 Å². The van der Waals surface area contributed by atoms with Crippen molar-refractivity contribution in [1.82, 2.24) is 19.8 Å². The Balaban J connectivity index is 2.09. The number of rotatable bonds is 7. The van der Waals surface area contributed by atoms with Crippen molar-refractivity contribution in [3.8, 4) is 0 Å². The van der Waals surface area contributed by atoms with Crippen molar-refractivity contribution in [3.05, 3.63) is 30.1 Å². The summed E-state index contributed by atoms with van der Waals surface area (Å²) in [6, 6.07) is 6.92. The lowest BCUT2D eigenvalue weighted by atomic mass is 10.2. The van der Waals surface area contributed by atoms with Crippen LogP contribution in [-0.4, -0.2) is 45.5 Å². The van der Waals surface area contributed by atoms with Gasteiger partial charge in [0.25, 0.3) is 0 Å². The molecule has 0 saturated carbocycles. The maximum atomic E-state index is 13.3. The number of carbonyl (C=O) groups excluding carboxylic acids is 1. The van der Waals surface area contributed by atoms with Gasteiger partial charge in [-0.15, -0.1) is 0 Å². The number of hydrogen-bond acceptors (Lipinski definition) is 3. The summed E-state index contributed by atoms with van der Waals surface area (Å²) in [6.07, 6.45) is -4.62. The zero-order valence-corrected chi connectivity index (χ0v) is 15.5. The number of imidazole rings is 1. The number of halogens is 3. The van der Waals surface area contributed by atoms with Crippen LogP contribution in [0.2, 0.25) is 0 Å². The number of alkyl halides is 3. The van der Waals surface area contributed by atoms with Gasteiger partial charge in [-0.25, -0.2) is 4.98 Å². The van der Waals surface area contributed by atoms with E-state index < -0.39 is 24.5 Å². The largest absolute Gasteiger partial charge is 0.449 e. The second kappa shape index (κ2) is 8.07. The molecule has 0 bridgehead atoms. The topological polar surface area (TPSA) is 50.2 Å². The van der Waals surface area contributed by atoms with Crippen LogP contribution < -0.4 is 5.32 Å². The predicted octanol–water partition coefficient (Wildman–Crippen LogP) is 3.29. The van der Waals surface area contributed by atoms with Crippen molar-refractivity contribution >= 4 is 16.9 Å². The fraction of sp³-hybridized carbons (Fsp3) is 0.556. The lowest BCUT2D eigenvalue weighted by Gasteiger charge is -2.30. The van der Waals surface area contributed by atoms with E-state index in [2.05, 4.69) is 42.9 Å². The van der Waals surface area contributed by atoms with Gasteiger partial charge in [0.1, 0.15) is 6.54 Å². The molecule has 0 aliphatic rings. The number of aromatic nitrogens is 2. The van der Waals surface area contributed by atoms with E-state index in [1.807, 2.05) is 0 Å². The summed E-state index contributed by atoms with van der Waals surface area (Å²) in [4.78, 5) is 18.1. The first kappa shape index (κ1) is 20.2. The molecule has 0 atom stereocenters. The van der Waals surface area contributed by atoms with Crippen LogP contribution in [0.15, 0.2) is 24.3 Å². The van der Waals surface area contributed by atoms with Gasteiger partial charge in [0, 0.05) is 25.2 Å². The first-order chi connectivity index (χ1) is 12.1. The molecule has 1 aromatic heterocycles. The summed E-state index contributed by atoms with van der Waals surface area (Å²) in [5.74, 6) is -1.52. The second-order valence-corrected chi connectivity index (χ2v) is 6.78. The van der Waals surface area contributed by atoms with Gasteiger partial charge in [-0.3, -0.25) is 9.69 Å². The summed E-state index contributed by atoms with van der Waals surface area (Å²) in [5.41, 5.74) is 0.513. The highest BCUT2D eigenvalue weighted by Gasteiger charge is 2.37. The molecule has 1 amide bonds. The highest BCUT2D eigenvalue weighted by molar-refractivity contribution is 5.81. The Morgan fingerprint density at radius 2 is 1.81 bits per heavy atom. The van der Waals surface area contributed by atoms with E-state index in [1.54, 1.807) is 12.1 Å². The van der Waals surface area contributed by atoms with Crippen LogP contribution in [0.5, 0.6) is 0 Å². The number of carbonyl (C=O) groups is 1. The zero-order valence-electron chi connectivity index (χ0n) is 15.5. The summed E-state index contributed by atoms with van der Waals surface area (Å²) < 4.78 is 40.7. The Labute approximate surface area is 151 Å². The average Bonchev–Trinajstić information content (AvgIpc) is 2.90. The maximum Gasteiger partial charge on any atom is 0.449 e. The minimum atomic E-state index is -4.62. The van der Waals surface area contributed by atoms with Crippen LogP contribution >= 0.6 is 0 Å². The SMILES string of the molecule is CC(C)N(CCNC(=O)Cn1c(C(F)(F)F)nc2ccccc21)C(C)C. The van der Waals surface area contributed by atoms with E-state index in [-0.39, 0.29) is 5.52 Å². The Hall–Kier alpha value is -2.09. The third kappa shape index (κ3) is 4.75. The van der Waals surface area contributed by atoms with E-state index in [0.29, 0.717) is 30.7 Å². The lowest BCUT2D eigenvalue weighted by Crippen LogP contribution is -2.43. The quantitative estimate of drug-likeness (QED) is 0.814. The molecule has 2 rings (SSSR count). The Bertz CT molecular complexity index is 744. The molecule has 1 heterocycles. The molecular weight excluding hydrogens is 345 g/mol. The monoisotopic (exact) mass is 370 g/mol. The molecule has 2 aromatic rings. The van der Waals surface area contributed by atoms with E-state index in [0.717, 1.165) is 4.57 Å². The molecule has 0 unspecified atom stereocenters. The van der Waals surface area contributed by atoms with Gasteiger partial charge in [0.2, 0.25) is 11.7 Å². The van der Waals surface area contributed by atoms with Crippen LogP contribution in [0.1, 0.15) is 33.5 Å². The molecule has 8 heteroatoms. The molecule has 1 aromatic carbocycles. The van der Waals surface area contributed by atoms with E-state index in [1.165, 1.54) is 12.1 Å². The number of nitrogens with zero attached hydrogens (tertiary/aromatic N) is 3. The van der Waals surface area contributed by atoms with E-state index in [4.69, 9.17) is 0 Å². The van der Waals surface area contributed by atoms with Crippen molar-refractivity contribution in [2.45, 2.75) is 52.5 Å². The number of fused-ring (bicyclic) bond motifs is 1. The summed E-state index contributed by atoms with van der Waals surface area (Å²) in [7, 11) is 0. The van der Waals surface area contributed by atoms with Gasteiger partial charge in [-0.2, -0.15) is 13.2 Å². The fourth-order valence-corrected chi connectivity index (χ4v) is 3.09. The standard InChI is InChI=1S/C18H25F3N4O/c1-12(2)24(13(3)4)10-9-22-16(26)11-25-15-8-6-5-7-14(15)23-17(25)18(19,20)21/h5-8,12-13H,9-11H2,1-4H3,(H,22,26). The van der Waals surface area contributed by atoms with Crippen molar-refractivity contribution in [1.29, 1.82) is 0 Å². The Kier molecular flexibility index (Phi) is 6.28. The van der Waals surface area contributed by atoms with Gasteiger partial charge in [-0.05, 0) is 39.8 Å². The predicted molar refractivity (Wildman–Crippen MR) is 94.7 cm³/mol. The third-order valence-electron chi connectivity index (χ3n) is 4.23. The molecule has 0 fully saturated rings. The Morgan fingerprint density at radius 3 is 2.38 bits per heavy atom. The molecule has 0 aliphatic carbocycles. The highest BCUT2D eigenvalue weighted by atomic mass is 19.4. The minimum absolute atomic E-state index is 0.221. The number of nitrogens with one attached hydrogen (secondary N) is 1. The molecule has 1 N–H and O–H groups in total. The van der Waals surface area contributed by atoms with Gasteiger partial charge in [-0.1, -0.05) is 12.1 Å². The first-order valence-corrected chi connectivity index (χ1v) is 8.66. The molecule has 5 nitrogen and oxygen atoms in total. The molecule has 0 radical (unpaired) electrons. The van der Waals surface area contributed by atoms with Gasteiger partial charge in [0.05, 0.1) is 11.0 Å². The van der Waals surface area contributed by atoms with Crippen LogP contribution in [0, 0.1) is 0 Å². The molecule has 0 saturated heterocycles. The Morgan fingerprint density at radius 1 is 1.19 bits per heavy atom. The van der Waals surface area contributed by atoms with Crippen molar-refractivity contribution in [3.63, 3.8) is 0 Å². The minimum Gasteiger partial charge on any atom is -0.353 e. The van der Waals surface area contributed by atoms with Crippen LogP contribution in [0.4, 0.5) is 13.2 Å². The average molecular weight is 370 g/mol. The third-order valence-corrected chi connectivity index (χ3v) is 4.23. The van der Waals surface area contributed by atoms with Crippen LogP contribution in [-0.2, 0) is 17.5 Å². The van der Waals surface area contributed by atoms with Gasteiger partial charge >= 0.3 is 6.18 Å². The van der Waals surface area contributed by atoms with Gasteiger partial charge in [0.15, 0.2) is 0 Å². The molecular formula is C18H25F3N4O. The maximum absolute atomic E-state index is 13.3. The lowest BCUT2D eigenvalue weighted by molar-refractivity contribution is -0.147. The fourth-order valence-electron chi connectivity index (χ4n) is 3.09. The number of para-hydroxylation sites is 2. The van der Waals surface area contributed by atoms with E-state index in [9.17, 15) is 18.0 Å². The summed E-state index contributed by atoms with van der Waals surface area (Å²) in [6.45, 7) is 8.86. The van der Waals surface area contributed by atoms with Crippen molar-refractivity contribution in [2.24, 2.45) is 0 Å². The smallest absolute Gasteiger partial charge is 0.353 e. The van der Waals surface area contributed by atoms with Crippen molar-refractivity contribution < 1.29 is 18.0 Å². The second-order valence-electron chi connectivity index (χ2n) is 6.78. The van der Waals surface area contributed by atoms with E-state index >= 15 is 0 Å². The van der Waals surface area contributed by atoms with Crippen molar-refractivity contribution in [2.75, 3.05) is 13.1 Å². The molecule has 26 heavy (non-hydrogen) atoms. The first-order valence-electron chi connectivity index (χ1n) is 8.66. The number of benzene rings is 1. The summed E-state index contributed by atoms with van der Waals surface area (Å²) in [5, 5.41) is 2.71. The molecule has 144 valence electrons.